The lowest BCUT2D eigenvalue weighted by Gasteiger charge is -2.13. The molecule has 0 aromatic carbocycles. The van der Waals surface area contributed by atoms with Crippen molar-refractivity contribution >= 4 is 11.9 Å². The van der Waals surface area contributed by atoms with Crippen molar-refractivity contribution in [3.05, 3.63) is 24.3 Å². The minimum absolute atomic E-state index is 0.341. The van der Waals surface area contributed by atoms with Crippen LogP contribution in [0.1, 0.15) is 264 Å². The quantitative estimate of drug-likeness (QED) is 0.0385. The van der Waals surface area contributed by atoms with Gasteiger partial charge >= 0.3 is 11.9 Å². The summed E-state index contributed by atoms with van der Waals surface area (Å²) in [5.41, 5.74) is 0. The molecule has 0 aromatic heterocycles. The predicted molar refractivity (Wildman–Crippen MR) is 227 cm³/mol. The Labute approximate surface area is 325 Å². The molecule has 4 heteroatoms. The second kappa shape index (κ2) is 43.8. The molecule has 0 radical (unpaired) electrons. The Bertz CT molecular complexity index is 787. The van der Waals surface area contributed by atoms with Crippen LogP contribution in [0.3, 0.4) is 0 Å². The molecule has 0 aromatic rings. The number of hydrogen-bond acceptors (Lipinski definition) is 3. The molecule has 0 saturated carbocycles. The first-order valence-electron chi connectivity index (χ1n) is 23.3. The third-order valence-corrected chi connectivity index (χ3v) is 10.7. The number of hydrogen-bond donors (Lipinski definition) is 1. The zero-order chi connectivity index (χ0) is 37.8. The summed E-state index contributed by atoms with van der Waals surface area (Å²) in [6, 6.07) is 0. The van der Waals surface area contributed by atoms with Gasteiger partial charge in [-0.25, -0.2) is 4.79 Å². The lowest BCUT2D eigenvalue weighted by Crippen LogP contribution is -2.27. The molecule has 0 amide bonds. The predicted octanol–water partition coefficient (Wildman–Crippen LogP) is 16.3. The van der Waals surface area contributed by atoms with Crippen molar-refractivity contribution in [2.45, 2.75) is 270 Å². The van der Waals surface area contributed by atoms with Gasteiger partial charge in [-0.3, -0.25) is 4.79 Å². The maximum absolute atomic E-state index is 12.3. The summed E-state index contributed by atoms with van der Waals surface area (Å²) in [6.07, 6.45) is 56.6. The molecule has 0 aliphatic carbocycles. The van der Waals surface area contributed by atoms with Gasteiger partial charge in [0.05, 0.1) is 0 Å². The number of carboxylic acid groups (broad SMARTS) is 1. The highest BCUT2D eigenvalue weighted by Crippen LogP contribution is 2.17. The number of carbonyl (C=O) groups is 2. The Kier molecular flexibility index (Phi) is 42.5. The summed E-state index contributed by atoms with van der Waals surface area (Å²) in [5, 5.41) is 9.55. The Morgan fingerprint density at radius 2 is 0.731 bits per heavy atom. The van der Waals surface area contributed by atoms with Crippen LogP contribution in [0.5, 0.6) is 0 Å². The van der Waals surface area contributed by atoms with Crippen molar-refractivity contribution in [1.29, 1.82) is 0 Å². The molecule has 0 fully saturated rings. The second-order valence-electron chi connectivity index (χ2n) is 15.9. The van der Waals surface area contributed by atoms with Crippen LogP contribution in [0.2, 0.25) is 0 Å². The monoisotopic (exact) mass is 731 g/mol. The molecule has 0 heterocycles. The molecule has 306 valence electrons. The number of carbonyl (C=O) groups excluding carboxylic acids is 1. The molecule has 1 atom stereocenters. The molecule has 0 rings (SSSR count). The molecule has 0 spiro atoms. The highest BCUT2D eigenvalue weighted by Gasteiger charge is 2.21. The summed E-state index contributed by atoms with van der Waals surface area (Å²) < 4.78 is 5.35. The van der Waals surface area contributed by atoms with Gasteiger partial charge in [0.15, 0.2) is 6.10 Å². The summed E-state index contributed by atoms with van der Waals surface area (Å²) >= 11 is 0. The number of aliphatic carboxylic acids is 1. The van der Waals surface area contributed by atoms with E-state index in [0.29, 0.717) is 12.8 Å². The fourth-order valence-electron chi connectivity index (χ4n) is 7.18. The van der Waals surface area contributed by atoms with Crippen LogP contribution >= 0.6 is 0 Å². The van der Waals surface area contributed by atoms with Crippen LogP contribution < -0.4 is 0 Å². The van der Waals surface area contributed by atoms with Crippen LogP contribution in [-0.4, -0.2) is 23.1 Å². The summed E-state index contributed by atoms with van der Waals surface area (Å²) in [7, 11) is 0. The van der Waals surface area contributed by atoms with Crippen LogP contribution in [0.15, 0.2) is 24.3 Å². The van der Waals surface area contributed by atoms with Crippen LogP contribution in [0.25, 0.3) is 0 Å². The van der Waals surface area contributed by atoms with Crippen molar-refractivity contribution in [2.75, 3.05) is 0 Å². The molecule has 1 unspecified atom stereocenters. The molecule has 0 aliphatic rings. The average molecular weight is 731 g/mol. The van der Waals surface area contributed by atoms with Crippen molar-refractivity contribution in [3.8, 4) is 0 Å². The van der Waals surface area contributed by atoms with E-state index in [4.69, 9.17) is 4.74 Å². The van der Waals surface area contributed by atoms with Gasteiger partial charge in [0.25, 0.3) is 0 Å². The van der Waals surface area contributed by atoms with E-state index in [1.54, 1.807) is 0 Å². The fraction of sp³-hybridized carbons (Fsp3) is 0.875. The zero-order valence-electron chi connectivity index (χ0n) is 35.1. The lowest BCUT2D eigenvalue weighted by molar-refractivity contribution is -0.164. The minimum Gasteiger partial charge on any atom is -0.479 e. The van der Waals surface area contributed by atoms with E-state index >= 15 is 0 Å². The first-order chi connectivity index (χ1) is 25.6. The van der Waals surface area contributed by atoms with Crippen molar-refractivity contribution < 1.29 is 19.4 Å². The third-order valence-electron chi connectivity index (χ3n) is 10.7. The number of allylic oxidation sites excluding steroid dienone is 4. The number of esters is 1. The van der Waals surface area contributed by atoms with E-state index in [0.717, 1.165) is 44.9 Å². The number of carboxylic acids is 1. The van der Waals surface area contributed by atoms with Gasteiger partial charge in [-0.2, -0.15) is 0 Å². The van der Waals surface area contributed by atoms with Gasteiger partial charge in [-0.15, -0.1) is 0 Å². The van der Waals surface area contributed by atoms with Crippen molar-refractivity contribution in [1.82, 2.24) is 0 Å². The van der Waals surface area contributed by atoms with Crippen LogP contribution in [-0.2, 0) is 14.3 Å². The van der Waals surface area contributed by atoms with E-state index in [-0.39, 0.29) is 5.97 Å². The fourth-order valence-corrected chi connectivity index (χ4v) is 7.18. The molecular weight excluding hydrogens is 641 g/mol. The van der Waals surface area contributed by atoms with Crippen molar-refractivity contribution in [3.63, 3.8) is 0 Å². The number of unbranched alkanes of at least 4 members (excludes halogenated alkanes) is 33. The van der Waals surface area contributed by atoms with Gasteiger partial charge in [0, 0.05) is 6.42 Å². The Balaban J connectivity index is 3.48. The highest BCUT2D eigenvalue weighted by atomic mass is 16.6. The smallest absolute Gasteiger partial charge is 0.345 e. The first kappa shape index (κ1) is 50.4. The van der Waals surface area contributed by atoms with E-state index in [2.05, 4.69) is 38.2 Å². The maximum atomic E-state index is 12.3. The molecule has 0 aliphatic heterocycles. The third kappa shape index (κ3) is 41.2. The van der Waals surface area contributed by atoms with Gasteiger partial charge in [-0.1, -0.05) is 231 Å². The molecule has 0 bridgehead atoms. The normalized spacial score (nSPS) is 12.3. The Morgan fingerprint density at radius 3 is 1.12 bits per heavy atom. The molecule has 4 nitrogen and oxygen atoms in total. The Morgan fingerprint density at radius 1 is 0.423 bits per heavy atom. The molecule has 1 N–H and O–H groups in total. The lowest BCUT2D eigenvalue weighted by atomic mass is 10.0. The summed E-state index contributed by atoms with van der Waals surface area (Å²) in [6.45, 7) is 4.54. The largest absolute Gasteiger partial charge is 0.479 e. The van der Waals surface area contributed by atoms with E-state index in [1.165, 1.54) is 193 Å². The number of rotatable bonds is 43. The topological polar surface area (TPSA) is 63.6 Å². The van der Waals surface area contributed by atoms with E-state index < -0.39 is 12.1 Å². The SMILES string of the molecule is CCCCC/C=C\C/C=C\CCCCCCCCCCCCCC(=O)OC(CCCCCCCCCCCCCCCCCCCCCC)C(=O)O. The zero-order valence-corrected chi connectivity index (χ0v) is 35.1. The van der Waals surface area contributed by atoms with Crippen molar-refractivity contribution in [2.24, 2.45) is 0 Å². The Hall–Kier alpha value is -1.58. The molecular formula is C48H90O4. The summed E-state index contributed by atoms with van der Waals surface area (Å²) in [5.74, 6) is -1.34. The first-order valence-corrected chi connectivity index (χ1v) is 23.3. The van der Waals surface area contributed by atoms with Gasteiger partial charge in [0.1, 0.15) is 0 Å². The number of ether oxygens (including phenoxy) is 1. The summed E-state index contributed by atoms with van der Waals surface area (Å²) in [4.78, 5) is 23.9. The van der Waals surface area contributed by atoms with E-state index in [1.807, 2.05) is 0 Å². The highest BCUT2D eigenvalue weighted by molar-refractivity contribution is 5.77. The second-order valence-corrected chi connectivity index (χ2v) is 15.9. The standard InChI is InChI=1S/C48H90O4/c1-3-5-7-9-11-13-15-17-19-21-23-25-27-29-31-33-35-37-39-41-43-45-47(49)52-46(48(50)51)44-42-40-38-36-34-32-30-28-26-24-22-20-18-16-14-12-10-8-6-4-2/h11,13,17,19,46H,3-10,12,14-16,18,20-45H2,1-2H3,(H,50,51)/b13-11-,19-17-. The maximum Gasteiger partial charge on any atom is 0.345 e. The van der Waals surface area contributed by atoms with Gasteiger partial charge in [-0.05, 0) is 51.4 Å². The average Bonchev–Trinajstić information content (AvgIpc) is 3.14. The minimum atomic E-state index is -1.00. The van der Waals surface area contributed by atoms with Gasteiger partial charge in [0.2, 0.25) is 0 Å². The van der Waals surface area contributed by atoms with Crippen LogP contribution in [0, 0.1) is 0 Å². The van der Waals surface area contributed by atoms with Crippen LogP contribution in [0.4, 0.5) is 0 Å². The van der Waals surface area contributed by atoms with Gasteiger partial charge < -0.3 is 9.84 Å². The molecule has 52 heavy (non-hydrogen) atoms. The van der Waals surface area contributed by atoms with E-state index in [9.17, 15) is 14.7 Å². The molecule has 0 saturated heterocycles.